The van der Waals surface area contributed by atoms with Gasteiger partial charge in [-0.3, -0.25) is 9.20 Å². The summed E-state index contributed by atoms with van der Waals surface area (Å²) in [7, 11) is 0. The van der Waals surface area contributed by atoms with Gasteiger partial charge in [0.2, 0.25) is 0 Å². The van der Waals surface area contributed by atoms with E-state index in [1.165, 1.54) is 0 Å². The van der Waals surface area contributed by atoms with Crippen molar-refractivity contribution >= 4 is 27.5 Å². The normalized spacial score (nSPS) is 10.8. The Hall–Kier alpha value is -2.34. The van der Waals surface area contributed by atoms with E-state index in [2.05, 4.69) is 26.2 Å². The number of rotatable bonds is 6. The monoisotopic (exact) mass is 401 g/mol. The Balaban J connectivity index is 1.54. The Morgan fingerprint density at radius 1 is 1.20 bits per heavy atom. The topological polar surface area (TPSA) is 55.6 Å². The average molecular weight is 402 g/mol. The maximum absolute atomic E-state index is 12.5. The number of halogens is 1. The molecule has 0 saturated heterocycles. The van der Waals surface area contributed by atoms with E-state index in [-0.39, 0.29) is 5.91 Å². The molecule has 5 nitrogen and oxygen atoms in total. The SMILES string of the molecule is Cc1ccc2nc(C)c(C(=O)NCCCOc3ccc(Br)cc3)n2c1. The second kappa shape index (κ2) is 7.70. The number of hydrogen-bond donors (Lipinski definition) is 1. The van der Waals surface area contributed by atoms with Gasteiger partial charge in [-0.05, 0) is 56.2 Å². The Kier molecular flexibility index (Phi) is 5.38. The van der Waals surface area contributed by atoms with Crippen LogP contribution in [0.4, 0.5) is 0 Å². The zero-order chi connectivity index (χ0) is 17.8. The number of imidazole rings is 1. The molecule has 3 rings (SSSR count). The zero-order valence-electron chi connectivity index (χ0n) is 14.3. The fourth-order valence-electron chi connectivity index (χ4n) is 2.62. The molecule has 0 aliphatic carbocycles. The summed E-state index contributed by atoms with van der Waals surface area (Å²) in [5.74, 6) is 0.710. The van der Waals surface area contributed by atoms with Crippen LogP contribution >= 0.6 is 15.9 Å². The van der Waals surface area contributed by atoms with Gasteiger partial charge in [-0.25, -0.2) is 4.98 Å². The van der Waals surface area contributed by atoms with Gasteiger partial charge in [0.1, 0.15) is 17.1 Å². The van der Waals surface area contributed by atoms with E-state index in [0.29, 0.717) is 18.8 Å². The van der Waals surface area contributed by atoms with Crippen molar-refractivity contribution in [2.45, 2.75) is 20.3 Å². The van der Waals surface area contributed by atoms with Gasteiger partial charge >= 0.3 is 0 Å². The van der Waals surface area contributed by atoms with Gasteiger partial charge in [0, 0.05) is 17.2 Å². The summed E-state index contributed by atoms with van der Waals surface area (Å²) in [4.78, 5) is 16.9. The van der Waals surface area contributed by atoms with Crippen LogP contribution in [0.3, 0.4) is 0 Å². The second-order valence-corrected chi connectivity index (χ2v) is 6.81. The highest BCUT2D eigenvalue weighted by atomic mass is 79.9. The smallest absolute Gasteiger partial charge is 0.270 e. The molecule has 1 N–H and O–H groups in total. The average Bonchev–Trinajstić information content (AvgIpc) is 2.91. The molecule has 0 unspecified atom stereocenters. The van der Waals surface area contributed by atoms with Crippen LogP contribution in [0.5, 0.6) is 5.75 Å². The molecule has 0 bridgehead atoms. The van der Waals surface area contributed by atoms with Gasteiger partial charge in [0.05, 0.1) is 12.3 Å². The van der Waals surface area contributed by atoms with E-state index in [4.69, 9.17) is 4.74 Å². The fraction of sp³-hybridized carbons (Fsp3) is 0.263. The number of pyridine rings is 1. The molecule has 1 aromatic carbocycles. The third kappa shape index (κ3) is 4.20. The molecule has 0 aliphatic rings. The lowest BCUT2D eigenvalue weighted by atomic mass is 10.3. The molecule has 3 aromatic rings. The van der Waals surface area contributed by atoms with Crippen molar-refractivity contribution in [2.24, 2.45) is 0 Å². The molecule has 0 atom stereocenters. The summed E-state index contributed by atoms with van der Waals surface area (Å²) in [5.41, 5.74) is 3.19. The van der Waals surface area contributed by atoms with Crippen molar-refractivity contribution in [3.05, 3.63) is 64.0 Å². The van der Waals surface area contributed by atoms with Crippen LogP contribution in [0.2, 0.25) is 0 Å². The number of fused-ring (bicyclic) bond motifs is 1. The predicted molar refractivity (Wildman–Crippen MR) is 101 cm³/mol. The molecule has 6 heteroatoms. The van der Waals surface area contributed by atoms with E-state index >= 15 is 0 Å². The standard InChI is InChI=1S/C19H20BrN3O2/c1-13-4-9-17-22-14(2)18(23(17)12-13)19(24)21-10-3-11-25-16-7-5-15(20)6-8-16/h4-9,12H,3,10-11H2,1-2H3,(H,21,24). The molecular formula is C19H20BrN3O2. The first-order valence-electron chi connectivity index (χ1n) is 8.16. The van der Waals surface area contributed by atoms with E-state index in [1.54, 1.807) is 0 Å². The number of aromatic nitrogens is 2. The lowest BCUT2D eigenvalue weighted by molar-refractivity contribution is 0.0945. The van der Waals surface area contributed by atoms with Crippen molar-refractivity contribution < 1.29 is 9.53 Å². The first-order valence-corrected chi connectivity index (χ1v) is 8.96. The van der Waals surface area contributed by atoms with Gasteiger partial charge in [-0.1, -0.05) is 22.0 Å². The van der Waals surface area contributed by atoms with E-state index in [1.807, 2.05) is 60.8 Å². The Labute approximate surface area is 155 Å². The lowest BCUT2D eigenvalue weighted by Crippen LogP contribution is -2.27. The van der Waals surface area contributed by atoms with Gasteiger partial charge < -0.3 is 10.1 Å². The van der Waals surface area contributed by atoms with Crippen molar-refractivity contribution in [3.8, 4) is 5.75 Å². The molecule has 0 spiro atoms. The van der Waals surface area contributed by atoms with Crippen LogP contribution in [-0.4, -0.2) is 28.4 Å². The van der Waals surface area contributed by atoms with E-state index in [0.717, 1.165) is 33.5 Å². The summed E-state index contributed by atoms with van der Waals surface area (Å²) in [6.45, 7) is 4.95. The third-order valence-corrected chi connectivity index (χ3v) is 4.37. The van der Waals surface area contributed by atoms with Gasteiger partial charge in [-0.2, -0.15) is 0 Å². The summed E-state index contributed by atoms with van der Waals surface area (Å²) in [6.07, 6.45) is 2.66. The Bertz CT molecular complexity index is 888. The lowest BCUT2D eigenvalue weighted by Gasteiger charge is -2.08. The number of nitrogens with zero attached hydrogens (tertiary/aromatic N) is 2. The molecule has 2 heterocycles. The van der Waals surface area contributed by atoms with Crippen molar-refractivity contribution in [2.75, 3.05) is 13.2 Å². The molecule has 0 radical (unpaired) electrons. The highest BCUT2D eigenvalue weighted by Crippen LogP contribution is 2.16. The number of benzene rings is 1. The van der Waals surface area contributed by atoms with E-state index in [9.17, 15) is 4.79 Å². The number of nitrogens with one attached hydrogen (secondary N) is 1. The molecule has 0 fully saturated rings. The largest absolute Gasteiger partial charge is 0.494 e. The number of carbonyl (C=O) groups excluding carboxylic acids is 1. The Morgan fingerprint density at radius 2 is 1.96 bits per heavy atom. The first-order chi connectivity index (χ1) is 12.0. The molecular weight excluding hydrogens is 382 g/mol. The van der Waals surface area contributed by atoms with Gasteiger partial charge in [-0.15, -0.1) is 0 Å². The third-order valence-electron chi connectivity index (χ3n) is 3.84. The minimum atomic E-state index is -0.112. The van der Waals surface area contributed by atoms with Crippen molar-refractivity contribution in [1.82, 2.24) is 14.7 Å². The summed E-state index contributed by atoms with van der Waals surface area (Å²) in [6, 6.07) is 11.6. The number of aryl methyl sites for hydroxylation is 2. The van der Waals surface area contributed by atoms with Crippen molar-refractivity contribution in [3.63, 3.8) is 0 Å². The molecule has 0 saturated carbocycles. The maximum Gasteiger partial charge on any atom is 0.270 e. The Morgan fingerprint density at radius 3 is 2.72 bits per heavy atom. The maximum atomic E-state index is 12.5. The minimum absolute atomic E-state index is 0.112. The molecule has 25 heavy (non-hydrogen) atoms. The molecule has 0 aliphatic heterocycles. The molecule has 1 amide bonds. The van der Waals surface area contributed by atoms with Gasteiger partial charge in [0.15, 0.2) is 0 Å². The quantitative estimate of drug-likeness (QED) is 0.636. The highest BCUT2D eigenvalue weighted by Gasteiger charge is 2.16. The highest BCUT2D eigenvalue weighted by molar-refractivity contribution is 9.10. The van der Waals surface area contributed by atoms with Crippen LogP contribution in [0.1, 0.15) is 28.2 Å². The van der Waals surface area contributed by atoms with Crippen LogP contribution in [-0.2, 0) is 0 Å². The fourth-order valence-corrected chi connectivity index (χ4v) is 2.89. The number of ether oxygens (including phenoxy) is 1. The predicted octanol–water partition coefficient (Wildman–Crippen LogP) is 3.91. The summed E-state index contributed by atoms with van der Waals surface area (Å²) in [5, 5.41) is 2.95. The van der Waals surface area contributed by atoms with Crippen LogP contribution in [0, 0.1) is 13.8 Å². The molecule has 2 aromatic heterocycles. The number of amides is 1. The van der Waals surface area contributed by atoms with Crippen LogP contribution in [0.15, 0.2) is 47.1 Å². The summed E-state index contributed by atoms with van der Waals surface area (Å²) < 4.78 is 8.52. The van der Waals surface area contributed by atoms with Crippen LogP contribution < -0.4 is 10.1 Å². The minimum Gasteiger partial charge on any atom is -0.494 e. The molecule has 130 valence electrons. The second-order valence-electron chi connectivity index (χ2n) is 5.89. The number of hydrogen-bond acceptors (Lipinski definition) is 3. The van der Waals surface area contributed by atoms with Crippen molar-refractivity contribution in [1.29, 1.82) is 0 Å². The summed E-state index contributed by atoms with van der Waals surface area (Å²) >= 11 is 3.39. The van der Waals surface area contributed by atoms with Gasteiger partial charge in [0.25, 0.3) is 5.91 Å². The number of carbonyl (C=O) groups is 1. The van der Waals surface area contributed by atoms with Crippen LogP contribution in [0.25, 0.3) is 5.65 Å². The zero-order valence-corrected chi connectivity index (χ0v) is 15.8. The van der Waals surface area contributed by atoms with E-state index < -0.39 is 0 Å². The first kappa shape index (κ1) is 17.5.